The number of carbonyl (C=O) groups is 1. The van der Waals surface area contributed by atoms with Gasteiger partial charge in [0.05, 0.1) is 10.2 Å². The van der Waals surface area contributed by atoms with Crippen molar-refractivity contribution in [3.05, 3.63) is 62.5 Å². The molecule has 28 heavy (non-hydrogen) atoms. The number of halogens is 2. The van der Waals surface area contributed by atoms with Crippen LogP contribution in [-0.4, -0.2) is 31.5 Å². The number of ether oxygens (including phenoxy) is 2. The molecule has 0 aliphatic rings. The first-order valence-corrected chi connectivity index (χ1v) is 9.61. The molecule has 146 valence electrons. The van der Waals surface area contributed by atoms with Gasteiger partial charge in [0.1, 0.15) is 24.1 Å². The second-order valence-electron chi connectivity index (χ2n) is 6.01. The summed E-state index contributed by atoms with van der Waals surface area (Å²) in [6.07, 6.45) is 1.51. The lowest BCUT2D eigenvalue weighted by Gasteiger charge is -2.15. The minimum Gasteiger partial charge on any atom is -0.490 e. The molecule has 2 aromatic carbocycles. The predicted octanol–water partition coefficient (Wildman–Crippen LogP) is 4.40. The molecule has 1 amide bonds. The van der Waals surface area contributed by atoms with Gasteiger partial charge in [-0.3, -0.25) is 4.79 Å². The van der Waals surface area contributed by atoms with Gasteiger partial charge in [-0.1, -0.05) is 18.2 Å². The standard InChI is InChI=1S/C21H20FIN2O3/c1-4-27-19-11-14(9-16(12-24)21(26)25(2)3)10-18(23)20(19)28-13-15-7-5-6-8-17(15)22/h5-11H,4,13H2,1-3H3/b16-9-. The molecule has 0 aromatic heterocycles. The number of rotatable bonds is 7. The number of hydrogen-bond donors (Lipinski definition) is 0. The number of nitriles is 1. The van der Waals surface area contributed by atoms with Crippen molar-refractivity contribution in [2.75, 3.05) is 20.7 Å². The van der Waals surface area contributed by atoms with E-state index in [-0.39, 0.29) is 23.9 Å². The number of hydrogen-bond acceptors (Lipinski definition) is 4. The molecule has 2 aromatic rings. The molecule has 0 atom stereocenters. The highest BCUT2D eigenvalue weighted by molar-refractivity contribution is 14.1. The molecule has 5 nitrogen and oxygen atoms in total. The highest BCUT2D eigenvalue weighted by atomic mass is 127. The molecule has 0 aliphatic heterocycles. The molecule has 0 saturated heterocycles. The molecular formula is C21H20FIN2O3. The highest BCUT2D eigenvalue weighted by Crippen LogP contribution is 2.35. The van der Waals surface area contributed by atoms with Crippen LogP contribution in [0.2, 0.25) is 0 Å². The average Bonchev–Trinajstić information content (AvgIpc) is 2.66. The van der Waals surface area contributed by atoms with Crippen molar-refractivity contribution in [1.82, 2.24) is 4.90 Å². The maximum atomic E-state index is 13.8. The van der Waals surface area contributed by atoms with Crippen LogP contribution in [0.5, 0.6) is 11.5 Å². The van der Waals surface area contributed by atoms with E-state index < -0.39 is 0 Å². The first-order chi connectivity index (χ1) is 13.4. The molecule has 0 N–H and O–H groups in total. The van der Waals surface area contributed by atoms with E-state index in [1.54, 1.807) is 44.4 Å². The van der Waals surface area contributed by atoms with Gasteiger partial charge in [0.2, 0.25) is 0 Å². The molecule has 0 fully saturated rings. The summed E-state index contributed by atoms with van der Waals surface area (Å²) in [6, 6.07) is 11.8. The quantitative estimate of drug-likeness (QED) is 0.325. The third kappa shape index (κ3) is 5.45. The third-order valence-electron chi connectivity index (χ3n) is 3.73. The van der Waals surface area contributed by atoms with E-state index in [0.717, 1.165) is 3.57 Å². The Morgan fingerprint density at radius 2 is 2.00 bits per heavy atom. The Hall–Kier alpha value is -2.60. The highest BCUT2D eigenvalue weighted by Gasteiger charge is 2.15. The van der Waals surface area contributed by atoms with Crippen LogP contribution in [0.15, 0.2) is 42.0 Å². The van der Waals surface area contributed by atoms with Crippen LogP contribution in [0.3, 0.4) is 0 Å². The molecule has 0 aliphatic carbocycles. The lowest BCUT2D eigenvalue weighted by atomic mass is 10.1. The van der Waals surface area contributed by atoms with Gasteiger partial charge in [0, 0.05) is 19.7 Å². The number of likely N-dealkylation sites (N-methyl/N-ethyl adjacent to an activating group) is 1. The fraction of sp³-hybridized carbons (Fsp3) is 0.238. The Balaban J connectivity index is 2.37. The van der Waals surface area contributed by atoms with Crippen LogP contribution in [0.1, 0.15) is 18.1 Å². The molecular weight excluding hydrogens is 474 g/mol. The Bertz CT molecular complexity index is 936. The zero-order chi connectivity index (χ0) is 20.7. The summed E-state index contributed by atoms with van der Waals surface area (Å²) >= 11 is 2.09. The maximum Gasteiger partial charge on any atom is 0.264 e. The van der Waals surface area contributed by atoms with E-state index in [4.69, 9.17) is 9.47 Å². The van der Waals surface area contributed by atoms with Crippen LogP contribution in [-0.2, 0) is 11.4 Å². The first kappa shape index (κ1) is 21.7. The van der Waals surface area contributed by atoms with Crippen molar-refractivity contribution in [1.29, 1.82) is 5.26 Å². The summed E-state index contributed by atoms with van der Waals surface area (Å²) in [4.78, 5) is 13.4. The van der Waals surface area contributed by atoms with Gasteiger partial charge in [-0.05, 0) is 59.4 Å². The van der Waals surface area contributed by atoms with Crippen molar-refractivity contribution in [2.45, 2.75) is 13.5 Å². The summed E-state index contributed by atoms with van der Waals surface area (Å²) < 4.78 is 26.1. The maximum absolute atomic E-state index is 13.8. The molecule has 0 radical (unpaired) electrons. The predicted molar refractivity (Wildman–Crippen MR) is 113 cm³/mol. The van der Waals surface area contributed by atoms with Crippen molar-refractivity contribution >= 4 is 34.6 Å². The summed E-state index contributed by atoms with van der Waals surface area (Å²) in [5.41, 5.74) is 1.09. The van der Waals surface area contributed by atoms with Gasteiger partial charge in [-0.2, -0.15) is 5.26 Å². The second-order valence-corrected chi connectivity index (χ2v) is 7.17. The molecule has 0 saturated carbocycles. The molecule has 0 unspecified atom stereocenters. The molecule has 0 bridgehead atoms. The Morgan fingerprint density at radius 1 is 1.29 bits per heavy atom. The van der Waals surface area contributed by atoms with Crippen molar-refractivity contribution in [3.8, 4) is 17.6 Å². The van der Waals surface area contributed by atoms with E-state index in [1.165, 1.54) is 17.0 Å². The first-order valence-electron chi connectivity index (χ1n) is 8.53. The van der Waals surface area contributed by atoms with Crippen LogP contribution in [0.25, 0.3) is 6.08 Å². The zero-order valence-electron chi connectivity index (χ0n) is 15.8. The number of carbonyl (C=O) groups excluding carboxylic acids is 1. The summed E-state index contributed by atoms with van der Waals surface area (Å²) in [6.45, 7) is 2.30. The third-order valence-corrected chi connectivity index (χ3v) is 4.53. The summed E-state index contributed by atoms with van der Waals surface area (Å²) in [5, 5.41) is 9.28. The van der Waals surface area contributed by atoms with Crippen LogP contribution in [0.4, 0.5) is 4.39 Å². The summed E-state index contributed by atoms with van der Waals surface area (Å²) in [7, 11) is 3.17. The number of benzene rings is 2. The van der Waals surface area contributed by atoms with E-state index in [9.17, 15) is 14.4 Å². The van der Waals surface area contributed by atoms with E-state index in [0.29, 0.717) is 29.2 Å². The molecule has 2 rings (SSSR count). The van der Waals surface area contributed by atoms with Crippen molar-refractivity contribution in [2.24, 2.45) is 0 Å². The Kier molecular flexibility index (Phi) is 7.81. The van der Waals surface area contributed by atoms with E-state index in [1.807, 2.05) is 13.0 Å². The van der Waals surface area contributed by atoms with Crippen molar-refractivity contribution < 1.29 is 18.7 Å². The smallest absolute Gasteiger partial charge is 0.264 e. The van der Waals surface area contributed by atoms with Gasteiger partial charge < -0.3 is 14.4 Å². The zero-order valence-corrected chi connectivity index (χ0v) is 18.0. The van der Waals surface area contributed by atoms with E-state index in [2.05, 4.69) is 22.6 Å². The van der Waals surface area contributed by atoms with Gasteiger partial charge in [-0.25, -0.2) is 4.39 Å². The molecule has 0 heterocycles. The normalized spacial score (nSPS) is 10.9. The number of nitrogens with zero attached hydrogens (tertiary/aromatic N) is 2. The molecule has 0 spiro atoms. The van der Waals surface area contributed by atoms with E-state index >= 15 is 0 Å². The SMILES string of the molecule is CCOc1cc(/C=C(/C#N)C(=O)N(C)C)cc(I)c1OCc1ccccc1F. The minimum absolute atomic E-state index is 0.0169. The lowest BCUT2D eigenvalue weighted by molar-refractivity contribution is -0.124. The number of amides is 1. The fourth-order valence-corrected chi connectivity index (χ4v) is 3.17. The minimum atomic E-state index is -0.379. The monoisotopic (exact) mass is 494 g/mol. The largest absolute Gasteiger partial charge is 0.490 e. The topological polar surface area (TPSA) is 62.6 Å². The summed E-state index contributed by atoms with van der Waals surface area (Å²) in [5.74, 6) is 0.234. The molecule has 7 heteroatoms. The van der Waals surface area contributed by atoms with Crippen LogP contribution >= 0.6 is 22.6 Å². The van der Waals surface area contributed by atoms with Gasteiger partial charge >= 0.3 is 0 Å². The van der Waals surface area contributed by atoms with Gasteiger partial charge in [-0.15, -0.1) is 0 Å². The fourth-order valence-electron chi connectivity index (χ4n) is 2.39. The Morgan fingerprint density at radius 3 is 2.61 bits per heavy atom. The van der Waals surface area contributed by atoms with Crippen molar-refractivity contribution in [3.63, 3.8) is 0 Å². The van der Waals surface area contributed by atoms with Gasteiger partial charge in [0.25, 0.3) is 5.91 Å². The van der Waals surface area contributed by atoms with Crippen LogP contribution < -0.4 is 9.47 Å². The Labute approximate surface area is 177 Å². The average molecular weight is 494 g/mol. The lowest BCUT2D eigenvalue weighted by Crippen LogP contribution is -2.22. The van der Waals surface area contributed by atoms with Crippen LogP contribution in [0, 0.1) is 20.7 Å². The van der Waals surface area contributed by atoms with Gasteiger partial charge in [0.15, 0.2) is 11.5 Å². The second kappa shape index (κ2) is 10.1.